The third kappa shape index (κ3) is 9.59. The molecular formula is C25H43N4O7PS. The van der Waals surface area contributed by atoms with Gasteiger partial charge < -0.3 is 34.0 Å². The summed E-state index contributed by atoms with van der Waals surface area (Å²) in [6, 6.07) is 0.0454. The number of carbonyl (C=O) groups excluding carboxylic acids is 1. The number of nitrogens with one attached hydrogen (secondary N) is 1. The second-order valence-corrected chi connectivity index (χ2v) is 12.6. The number of aliphatic hydroxyl groups is 1. The Hall–Kier alpha value is -1.53. The van der Waals surface area contributed by atoms with E-state index in [2.05, 4.69) is 37.1 Å². The van der Waals surface area contributed by atoms with Crippen molar-refractivity contribution in [3.63, 3.8) is 0 Å². The van der Waals surface area contributed by atoms with E-state index in [4.69, 9.17) is 14.2 Å². The Morgan fingerprint density at radius 1 is 1.32 bits per heavy atom. The van der Waals surface area contributed by atoms with Gasteiger partial charge in [-0.05, 0) is 31.8 Å². The first-order valence-corrected chi connectivity index (χ1v) is 15.3. The number of hydrogen-bond acceptors (Lipinski definition) is 10. The van der Waals surface area contributed by atoms with Crippen LogP contribution in [0.5, 0.6) is 0 Å². The molecule has 3 rings (SSSR count). The second kappa shape index (κ2) is 14.7. The van der Waals surface area contributed by atoms with Crippen LogP contribution in [0.2, 0.25) is 0 Å². The fourth-order valence-electron chi connectivity index (χ4n) is 4.88. The number of likely N-dealkylation sites (N-methyl/N-ethyl adjacent to an activating group) is 1. The zero-order chi connectivity index (χ0) is 27.7. The number of rotatable bonds is 13. The van der Waals surface area contributed by atoms with E-state index in [0.717, 1.165) is 36.2 Å². The number of carbonyl (C=O) groups is 1. The zero-order valence-electron chi connectivity index (χ0n) is 22.6. The van der Waals surface area contributed by atoms with E-state index in [1.807, 2.05) is 30.8 Å². The molecule has 5 atom stereocenters. The van der Waals surface area contributed by atoms with Gasteiger partial charge in [0.25, 0.3) is 6.47 Å². The summed E-state index contributed by atoms with van der Waals surface area (Å²) >= 11 is 0. The van der Waals surface area contributed by atoms with Crippen molar-refractivity contribution in [2.24, 2.45) is 0 Å². The van der Waals surface area contributed by atoms with Crippen molar-refractivity contribution in [3.8, 4) is 0 Å². The SMILES string of the molecule is CC1CC(N(C)CCS(=O)(=O)NCC(CN(C)C2=CC(N3CCOCC3)=C(P)C=CC2)OC=O)CC(O)O1. The number of ether oxygens (including phenoxy) is 3. The number of morpholine rings is 1. The summed E-state index contributed by atoms with van der Waals surface area (Å²) < 4.78 is 44.2. The average molecular weight is 575 g/mol. The fourth-order valence-corrected chi connectivity index (χ4v) is 6.40. The molecule has 2 heterocycles. The van der Waals surface area contributed by atoms with Gasteiger partial charge in [-0.15, -0.1) is 9.24 Å². The van der Waals surface area contributed by atoms with Gasteiger partial charge in [0.15, 0.2) is 6.29 Å². The Morgan fingerprint density at radius 2 is 2.05 bits per heavy atom. The number of allylic oxidation sites excluding steroid dienone is 4. The molecule has 3 aliphatic rings. The maximum absolute atomic E-state index is 12.7. The molecule has 216 valence electrons. The fraction of sp³-hybridized carbons (Fsp3) is 0.720. The molecule has 2 fully saturated rings. The molecule has 0 aromatic rings. The lowest BCUT2D eigenvalue weighted by atomic mass is 10.0. The highest BCUT2D eigenvalue weighted by atomic mass is 32.2. The van der Waals surface area contributed by atoms with Crippen molar-refractivity contribution >= 4 is 25.7 Å². The van der Waals surface area contributed by atoms with Gasteiger partial charge in [-0.3, -0.25) is 4.79 Å². The van der Waals surface area contributed by atoms with E-state index in [1.165, 1.54) is 0 Å². The Kier molecular flexibility index (Phi) is 12.0. The van der Waals surface area contributed by atoms with Crippen LogP contribution in [0.4, 0.5) is 0 Å². The van der Waals surface area contributed by atoms with E-state index in [9.17, 15) is 18.3 Å². The maximum Gasteiger partial charge on any atom is 0.293 e. The molecule has 0 bridgehead atoms. The van der Waals surface area contributed by atoms with Gasteiger partial charge in [0.1, 0.15) is 6.10 Å². The minimum absolute atomic E-state index is 0.0215. The number of nitrogens with zero attached hydrogens (tertiary/aromatic N) is 3. The standard InChI is InChI=1S/C25H43N4O7PS/c1-19-13-21(15-25(31)36-19)27(2)9-12-38(32,33)26-16-22(35-18-30)17-28(3)20-5-4-6-24(37)23(14-20)29-7-10-34-11-8-29/h4,6,14,18-19,21-22,25-26,31H,5,7-13,15-17,37H2,1-3H3. The molecule has 0 aromatic carbocycles. The molecule has 2 saturated heterocycles. The minimum atomic E-state index is -3.61. The van der Waals surface area contributed by atoms with Gasteiger partial charge in [0, 0.05) is 63.5 Å². The van der Waals surface area contributed by atoms with Gasteiger partial charge in [0.05, 0.1) is 31.6 Å². The molecule has 0 spiro atoms. The predicted octanol–water partition coefficient (Wildman–Crippen LogP) is 0.460. The molecule has 1 aliphatic carbocycles. The molecule has 2 aliphatic heterocycles. The maximum atomic E-state index is 12.7. The monoisotopic (exact) mass is 574 g/mol. The molecule has 0 radical (unpaired) electrons. The second-order valence-electron chi connectivity index (χ2n) is 10.1. The van der Waals surface area contributed by atoms with Crippen molar-refractivity contribution in [2.75, 3.05) is 65.8 Å². The van der Waals surface area contributed by atoms with Crippen molar-refractivity contribution < 1.29 is 32.5 Å². The average Bonchev–Trinajstić information content (AvgIpc) is 3.07. The molecule has 5 unspecified atom stereocenters. The van der Waals surface area contributed by atoms with E-state index in [-0.39, 0.29) is 24.4 Å². The van der Waals surface area contributed by atoms with Crippen LogP contribution < -0.4 is 4.72 Å². The van der Waals surface area contributed by atoms with Crippen LogP contribution in [0.3, 0.4) is 0 Å². The Balaban J connectivity index is 1.55. The Morgan fingerprint density at radius 3 is 2.74 bits per heavy atom. The van der Waals surface area contributed by atoms with E-state index in [0.29, 0.717) is 45.6 Å². The van der Waals surface area contributed by atoms with Crippen LogP contribution in [-0.2, 0) is 29.0 Å². The molecular weight excluding hydrogens is 531 g/mol. The van der Waals surface area contributed by atoms with Gasteiger partial charge in [-0.2, -0.15) is 0 Å². The van der Waals surface area contributed by atoms with E-state index >= 15 is 0 Å². The van der Waals surface area contributed by atoms with Crippen LogP contribution in [0.15, 0.2) is 34.9 Å². The quantitative estimate of drug-likeness (QED) is 0.237. The van der Waals surface area contributed by atoms with Crippen LogP contribution in [0.1, 0.15) is 26.2 Å². The van der Waals surface area contributed by atoms with Crippen molar-refractivity contribution in [1.82, 2.24) is 19.4 Å². The smallest absolute Gasteiger partial charge is 0.293 e. The molecule has 2 N–H and O–H groups in total. The number of aliphatic hydroxyl groups excluding tert-OH is 1. The summed E-state index contributed by atoms with van der Waals surface area (Å²) in [7, 11) is 2.96. The summed E-state index contributed by atoms with van der Waals surface area (Å²) in [6.45, 7) is 5.88. The Bertz CT molecular complexity index is 974. The van der Waals surface area contributed by atoms with E-state index in [1.54, 1.807) is 0 Å². The lowest BCUT2D eigenvalue weighted by Gasteiger charge is -2.36. The first-order chi connectivity index (χ1) is 18.1. The highest BCUT2D eigenvalue weighted by molar-refractivity contribution is 7.89. The van der Waals surface area contributed by atoms with Crippen LogP contribution in [0, 0.1) is 0 Å². The van der Waals surface area contributed by atoms with Crippen LogP contribution in [0.25, 0.3) is 0 Å². The topological polar surface area (TPSA) is 121 Å². The molecule has 0 saturated carbocycles. The summed E-state index contributed by atoms with van der Waals surface area (Å²) in [4.78, 5) is 17.4. The predicted molar refractivity (Wildman–Crippen MR) is 149 cm³/mol. The van der Waals surface area contributed by atoms with Gasteiger partial charge >= 0.3 is 0 Å². The largest absolute Gasteiger partial charge is 0.461 e. The summed E-state index contributed by atoms with van der Waals surface area (Å²) in [6.07, 6.45) is 6.62. The molecule has 11 nitrogen and oxygen atoms in total. The molecule has 38 heavy (non-hydrogen) atoms. The normalized spacial score (nSPS) is 25.7. The molecule has 0 aromatic heterocycles. The van der Waals surface area contributed by atoms with Gasteiger partial charge in [-0.25, -0.2) is 13.1 Å². The highest BCUT2D eigenvalue weighted by Crippen LogP contribution is 2.27. The van der Waals surface area contributed by atoms with Crippen LogP contribution in [-0.4, -0.2) is 125 Å². The van der Waals surface area contributed by atoms with Gasteiger partial charge in [0.2, 0.25) is 10.0 Å². The summed E-state index contributed by atoms with van der Waals surface area (Å²) in [5, 5.41) is 10.9. The highest BCUT2D eigenvalue weighted by Gasteiger charge is 2.29. The van der Waals surface area contributed by atoms with Crippen LogP contribution >= 0.6 is 9.24 Å². The first kappa shape index (κ1) is 31.0. The minimum Gasteiger partial charge on any atom is -0.461 e. The third-order valence-corrected chi connectivity index (χ3v) is 8.94. The molecule has 13 heteroatoms. The summed E-state index contributed by atoms with van der Waals surface area (Å²) in [5.74, 6) is -0.102. The zero-order valence-corrected chi connectivity index (χ0v) is 24.6. The first-order valence-electron chi connectivity index (χ1n) is 13.1. The third-order valence-electron chi connectivity index (χ3n) is 7.13. The van der Waals surface area contributed by atoms with Gasteiger partial charge in [-0.1, -0.05) is 12.2 Å². The summed E-state index contributed by atoms with van der Waals surface area (Å²) in [5.41, 5.74) is 2.15. The Labute approximate surface area is 229 Å². The lowest BCUT2D eigenvalue weighted by Crippen LogP contribution is -2.46. The number of sulfonamides is 1. The van der Waals surface area contributed by atoms with Crippen molar-refractivity contribution in [3.05, 3.63) is 34.9 Å². The van der Waals surface area contributed by atoms with Crippen molar-refractivity contribution in [1.29, 1.82) is 0 Å². The molecule has 0 amide bonds. The number of hydrogen-bond donors (Lipinski definition) is 2. The van der Waals surface area contributed by atoms with Crippen molar-refractivity contribution in [2.45, 2.75) is 50.7 Å². The van der Waals surface area contributed by atoms with E-state index < -0.39 is 22.4 Å². The lowest BCUT2D eigenvalue weighted by molar-refractivity contribution is -0.173.